The third-order valence-corrected chi connectivity index (χ3v) is 1.28. The number of allylic oxidation sites excluding steroid dienone is 4. The zero-order chi connectivity index (χ0) is 6.04. The summed E-state index contributed by atoms with van der Waals surface area (Å²) in [6.07, 6.45) is 9.08. The van der Waals surface area contributed by atoms with Crippen molar-refractivity contribution < 1.29 is 0 Å². The van der Waals surface area contributed by atoms with Crippen molar-refractivity contribution in [3.63, 3.8) is 0 Å². The van der Waals surface area contributed by atoms with E-state index in [9.17, 15) is 0 Å². The summed E-state index contributed by atoms with van der Waals surface area (Å²) in [5.74, 6) is 0. The molecule has 0 saturated heterocycles. The van der Waals surface area contributed by atoms with Crippen molar-refractivity contribution in [3.8, 4) is 0 Å². The van der Waals surface area contributed by atoms with Crippen LogP contribution in [-0.4, -0.2) is 0 Å². The maximum Gasteiger partial charge on any atom is -0.00745 e. The van der Waals surface area contributed by atoms with Gasteiger partial charge in [0.15, 0.2) is 0 Å². The Morgan fingerprint density at radius 1 is 1.50 bits per heavy atom. The minimum absolute atomic E-state index is 0.0885. The molecule has 1 aliphatic rings. The van der Waals surface area contributed by atoms with Crippen LogP contribution in [0.5, 0.6) is 0 Å². The standard InChI is InChI=1S/C8H10/c1-8(2)6-4-3-5-7-8/h1,3-6H,7H2,2H3. The van der Waals surface area contributed by atoms with Gasteiger partial charge in [0.1, 0.15) is 0 Å². The molecule has 1 rings (SSSR count). The van der Waals surface area contributed by atoms with Crippen molar-refractivity contribution in [1.82, 2.24) is 0 Å². The molecule has 0 nitrogen and oxygen atoms in total. The second kappa shape index (κ2) is 1.77. The molecule has 0 aliphatic heterocycles. The van der Waals surface area contributed by atoms with Crippen LogP contribution in [0.15, 0.2) is 24.3 Å². The summed E-state index contributed by atoms with van der Waals surface area (Å²) in [5, 5.41) is 0. The molecular weight excluding hydrogens is 96.1 g/mol. The molecule has 0 aromatic carbocycles. The van der Waals surface area contributed by atoms with Crippen LogP contribution in [0.3, 0.4) is 0 Å². The van der Waals surface area contributed by atoms with Crippen molar-refractivity contribution in [3.05, 3.63) is 31.2 Å². The Bertz CT molecular complexity index is 127. The van der Waals surface area contributed by atoms with Gasteiger partial charge >= 0.3 is 0 Å². The topological polar surface area (TPSA) is 0 Å². The summed E-state index contributed by atoms with van der Waals surface area (Å²) in [4.78, 5) is 0. The van der Waals surface area contributed by atoms with Crippen LogP contribution in [0.1, 0.15) is 13.3 Å². The largest absolute Gasteiger partial charge is 0.0837 e. The lowest BCUT2D eigenvalue weighted by atomic mass is 9.86. The van der Waals surface area contributed by atoms with E-state index in [0.29, 0.717) is 0 Å². The van der Waals surface area contributed by atoms with Crippen LogP contribution in [-0.2, 0) is 0 Å². The van der Waals surface area contributed by atoms with E-state index >= 15 is 0 Å². The Morgan fingerprint density at radius 2 is 2.25 bits per heavy atom. The second-order valence-electron chi connectivity index (χ2n) is 2.50. The van der Waals surface area contributed by atoms with Gasteiger partial charge in [-0.1, -0.05) is 31.2 Å². The zero-order valence-corrected chi connectivity index (χ0v) is 5.09. The minimum Gasteiger partial charge on any atom is -0.0837 e. The minimum atomic E-state index is -0.0885. The molecule has 0 aromatic rings. The molecule has 0 aromatic heterocycles. The predicted molar refractivity (Wildman–Crippen MR) is 35.3 cm³/mol. The molecule has 0 N–H and O–H groups in total. The third kappa shape index (κ3) is 1.22. The van der Waals surface area contributed by atoms with Crippen molar-refractivity contribution in [2.75, 3.05) is 0 Å². The molecule has 0 fully saturated rings. The average Bonchev–Trinajstić information content (AvgIpc) is 1.65. The van der Waals surface area contributed by atoms with E-state index in [-0.39, 0.29) is 5.41 Å². The number of rotatable bonds is 0. The van der Waals surface area contributed by atoms with Gasteiger partial charge in [-0.2, -0.15) is 0 Å². The normalized spacial score (nSPS) is 23.8. The lowest BCUT2D eigenvalue weighted by Gasteiger charge is -2.18. The van der Waals surface area contributed by atoms with Gasteiger partial charge in [0.2, 0.25) is 0 Å². The smallest absolute Gasteiger partial charge is 0.00745 e. The highest BCUT2D eigenvalue weighted by molar-refractivity contribution is 5.16. The molecule has 0 heteroatoms. The molecule has 8 heavy (non-hydrogen) atoms. The fraction of sp³-hybridized carbons (Fsp3) is 0.375. The number of hydrogen-bond donors (Lipinski definition) is 0. The van der Waals surface area contributed by atoms with Gasteiger partial charge in [0, 0.05) is 0 Å². The van der Waals surface area contributed by atoms with Crippen LogP contribution in [0.2, 0.25) is 0 Å². The SMILES string of the molecule is [CH]C1(C)C=CC=CC1. The van der Waals surface area contributed by atoms with E-state index in [1.807, 2.05) is 25.2 Å². The molecule has 0 spiro atoms. The summed E-state index contributed by atoms with van der Waals surface area (Å²) in [5.41, 5.74) is -0.0885. The van der Waals surface area contributed by atoms with Crippen molar-refractivity contribution in [2.24, 2.45) is 5.41 Å². The summed E-state index contributed by atoms with van der Waals surface area (Å²) in [6, 6.07) is 0. The summed E-state index contributed by atoms with van der Waals surface area (Å²) in [6.45, 7) is 7.76. The molecule has 1 atom stereocenters. The van der Waals surface area contributed by atoms with Crippen molar-refractivity contribution in [1.29, 1.82) is 0 Å². The first-order chi connectivity index (χ1) is 3.71. The molecule has 0 heterocycles. The maximum atomic E-state index is 5.74. The van der Waals surface area contributed by atoms with Gasteiger partial charge in [-0.25, -0.2) is 0 Å². The van der Waals surface area contributed by atoms with E-state index in [0.717, 1.165) is 6.42 Å². The Hall–Kier alpha value is -0.520. The fourth-order valence-corrected chi connectivity index (χ4v) is 0.744. The molecule has 0 bridgehead atoms. The lowest BCUT2D eigenvalue weighted by molar-refractivity contribution is 0.551. The summed E-state index contributed by atoms with van der Waals surface area (Å²) < 4.78 is 0. The van der Waals surface area contributed by atoms with Crippen molar-refractivity contribution >= 4 is 0 Å². The predicted octanol–water partition coefficient (Wildman–Crippen LogP) is 2.22. The van der Waals surface area contributed by atoms with Crippen LogP contribution < -0.4 is 0 Å². The van der Waals surface area contributed by atoms with Gasteiger partial charge in [-0.3, -0.25) is 0 Å². The highest BCUT2D eigenvalue weighted by atomic mass is 14.2. The first kappa shape index (κ1) is 5.61. The first-order valence-electron chi connectivity index (χ1n) is 2.84. The van der Waals surface area contributed by atoms with Gasteiger partial charge in [-0.15, -0.1) is 0 Å². The van der Waals surface area contributed by atoms with Crippen molar-refractivity contribution in [2.45, 2.75) is 13.3 Å². The lowest BCUT2D eigenvalue weighted by Crippen LogP contribution is -2.07. The monoisotopic (exact) mass is 106 g/mol. The summed E-state index contributed by atoms with van der Waals surface area (Å²) >= 11 is 0. The highest BCUT2D eigenvalue weighted by Crippen LogP contribution is 2.24. The van der Waals surface area contributed by atoms with Gasteiger partial charge in [-0.05, 0) is 18.8 Å². The maximum absolute atomic E-state index is 5.74. The third-order valence-electron chi connectivity index (χ3n) is 1.28. The van der Waals surface area contributed by atoms with E-state index in [1.165, 1.54) is 0 Å². The molecule has 0 saturated carbocycles. The van der Waals surface area contributed by atoms with Gasteiger partial charge in [0.05, 0.1) is 0 Å². The van der Waals surface area contributed by atoms with Crippen LogP contribution >= 0.6 is 0 Å². The van der Waals surface area contributed by atoms with Crippen LogP contribution in [0.4, 0.5) is 0 Å². The zero-order valence-electron chi connectivity index (χ0n) is 5.09. The quantitative estimate of drug-likeness (QED) is 0.444. The molecule has 1 aliphatic carbocycles. The van der Waals surface area contributed by atoms with Crippen LogP contribution in [0, 0.1) is 12.3 Å². The van der Waals surface area contributed by atoms with Gasteiger partial charge in [0.25, 0.3) is 0 Å². The first-order valence-corrected chi connectivity index (χ1v) is 2.84. The highest BCUT2D eigenvalue weighted by Gasteiger charge is 2.12. The van der Waals surface area contributed by atoms with E-state index in [4.69, 9.17) is 6.92 Å². The van der Waals surface area contributed by atoms with E-state index in [1.54, 1.807) is 0 Å². The van der Waals surface area contributed by atoms with Gasteiger partial charge < -0.3 is 0 Å². The Morgan fingerprint density at radius 3 is 2.50 bits per heavy atom. The molecular formula is C8H10. The average molecular weight is 106 g/mol. The van der Waals surface area contributed by atoms with Crippen LogP contribution in [0.25, 0.3) is 0 Å². The van der Waals surface area contributed by atoms with E-state index < -0.39 is 0 Å². The Kier molecular flexibility index (Phi) is 1.24. The second-order valence-corrected chi connectivity index (χ2v) is 2.50. The molecule has 42 valence electrons. The number of hydrogen-bond acceptors (Lipinski definition) is 0. The molecule has 1 unspecified atom stereocenters. The fourth-order valence-electron chi connectivity index (χ4n) is 0.744. The molecule has 0 amide bonds. The Balaban J connectivity index is 2.65. The van der Waals surface area contributed by atoms with E-state index in [2.05, 4.69) is 6.08 Å². The molecule has 2 radical (unpaired) electrons. The Labute approximate surface area is 50.9 Å². The summed E-state index contributed by atoms with van der Waals surface area (Å²) in [7, 11) is 0.